The Kier molecular flexibility index (Phi) is 1.79. The molecule has 1 heterocycles. The van der Waals surface area contributed by atoms with E-state index in [0.29, 0.717) is 17.7 Å². The molecule has 1 aromatic rings. The van der Waals surface area contributed by atoms with Crippen molar-refractivity contribution in [3.05, 3.63) is 34.6 Å². The normalized spacial score (nSPS) is 15.1. The lowest BCUT2D eigenvalue weighted by molar-refractivity contribution is 0.0946. The molecule has 0 radical (unpaired) electrons. The average molecular weight is 179 g/mol. The van der Waals surface area contributed by atoms with Crippen molar-refractivity contribution in [2.45, 2.75) is 13.3 Å². The van der Waals surface area contributed by atoms with E-state index in [1.54, 1.807) is 13.0 Å². The molecule has 0 aliphatic carbocycles. The molecule has 0 saturated carbocycles. The molecule has 0 unspecified atom stereocenters. The van der Waals surface area contributed by atoms with E-state index in [-0.39, 0.29) is 11.7 Å². The van der Waals surface area contributed by atoms with E-state index in [1.165, 1.54) is 6.07 Å². The Balaban J connectivity index is 2.58. The Morgan fingerprint density at radius 3 is 3.00 bits per heavy atom. The van der Waals surface area contributed by atoms with Crippen molar-refractivity contribution in [3.63, 3.8) is 0 Å². The summed E-state index contributed by atoms with van der Waals surface area (Å²) >= 11 is 0. The van der Waals surface area contributed by atoms with E-state index in [4.69, 9.17) is 0 Å². The van der Waals surface area contributed by atoms with Gasteiger partial charge in [0.05, 0.1) is 0 Å². The second-order valence-electron chi connectivity index (χ2n) is 3.26. The van der Waals surface area contributed by atoms with Crippen LogP contribution in [0.4, 0.5) is 4.39 Å². The van der Waals surface area contributed by atoms with Crippen LogP contribution in [0, 0.1) is 12.7 Å². The van der Waals surface area contributed by atoms with Crippen molar-refractivity contribution in [1.29, 1.82) is 0 Å². The van der Waals surface area contributed by atoms with Crippen molar-refractivity contribution in [1.82, 2.24) is 5.32 Å². The lowest BCUT2D eigenvalue weighted by Gasteiger charge is -2.16. The highest BCUT2D eigenvalue weighted by atomic mass is 19.1. The van der Waals surface area contributed by atoms with Crippen LogP contribution < -0.4 is 5.32 Å². The van der Waals surface area contributed by atoms with Crippen LogP contribution in [0.15, 0.2) is 12.1 Å². The maximum Gasteiger partial charge on any atom is 0.251 e. The molecule has 2 rings (SSSR count). The fourth-order valence-electron chi connectivity index (χ4n) is 1.55. The molecule has 0 saturated heterocycles. The first-order chi connectivity index (χ1) is 6.18. The molecule has 1 aliphatic rings. The quantitative estimate of drug-likeness (QED) is 0.641. The topological polar surface area (TPSA) is 29.1 Å². The average Bonchev–Trinajstić information content (AvgIpc) is 2.09. The van der Waals surface area contributed by atoms with Crippen LogP contribution in [-0.2, 0) is 6.42 Å². The molecule has 0 bridgehead atoms. The number of halogens is 1. The Hall–Kier alpha value is -1.38. The van der Waals surface area contributed by atoms with Crippen LogP contribution in [0.25, 0.3) is 0 Å². The van der Waals surface area contributed by atoms with Gasteiger partial charge in [0.2, 0.25) is 0 Å². The minimum atomic E-state index is -0.228. The van der Waals surface area contributed by atoms with Crippen LogP contribution in [0.3, 0.4) is 0 Å². The summed E-state index contributed by atoms with van der Waals surface area (Å²) in [5.74, 6) is -0.321. The number of amides is 1. The largest absolute Gasteiger partial charge is 0.352 e. The van der Waals surface area contributed by atoms with Gasteiger partial charge in [-0.15, -0.1) is 0 Å². The van der Waals surface area contributed by atoms with Gasteiger partial charge in [-0.05, 0) is 36.6 Å². The fraction of sp³-hybridized carbons (Fsp3) is 0.300. The molecular weight excluding hydrogens is 169 g/mol. The Labute approximate surface area is 75.8 Å². The molecule has 3 heteroatoms. The highest BCUT2D eigenvalue weighted by Gasteiger charge is 2.17. The minimum absolute atomic E-state index is 0.0932. The molecular formula is C10H10FNO. The molecule has 13 heavy (non-hydrogen) atoms. The van der Waals surface area contributed by atoms with Crippen molar-refractivity contribution < 1.29 is 9.18 Å². The predicted molar refractivity (Wildman–Crippen MR) is 47.2 cm³/mol. The zero-order valence-electron chi connectivity index (χ0n) is 7.36. The lowest BCUT2D eigenvalue weighted by atomic mass is 9.98. The minimum Gasteiger partial charge on any atom is -0.352 e. The highest BCUT2D eigenvalue weighted by Crippen LogP contribution is 2.18. The molecule has 1 aromatic carbocycles. The summed E-state index contributed by atoms with van der Waals surface area (Å²) in [7, 11) is 0. The van der Waals surface area contributed by atoms with Crippen LogP contribution >= 0.6 is 0 Å². The molecule has 0 atom stereocenters. The van der Waals surface area contributed by atoms with E-state index in [1.807, 2.05) is 0 Å². The molecule has 0 spiro atoms. The molecule has 68 valence electrons. The second-order valence-corrected chi connectivity index (χ2v) is 3.26. The number of aryl methyl sites for hydroxylation is 1. The van der Waals surface area contributed by atoms with Crippen molar-refractivity contribution in [2.24, 2.45) is 0 Å². The number of carbonyl (C=O) groups excluding carboxylic acids is 1. The van der Waals surface area contributed by atoms with Gasteiger partial charge in [-0.1, -0.05) is 0 Å². The number of benzene rings is 1. The molecule has 1 aliphatic heterocycles. The summed E-state index contributed by atoms with van der Waals surface area (Å²) in [5, 5.41) is 2.72. The molecule has 1 N–H and O–H groups in total. The molecule has 1 amide bonds. The first-order valence-electron chi connectivity index (χ1n) is 4.25. The lowest BCUT2D eigenvalue weighted by Crippen LogP contribution is -2.32. The third kappa shape index (κ3) is 1.30. The molecule has 0 aromatic heterocycles. The van der Waals surface area contributed by atoms with E-state index < -0.39 is 0 Å². The van der Waals surface area contributed by atoms with Gasteiger partial charge >= 0.3 is 0 Å². The van der Waals surface area contributed by atoms with E-state index in [2.05, 4.69) is 5.32 Å². The van der Waals surface area contributed by atoms with Crippen molar-refractivity contribution >= 4 is 5.91 Å². The number of fused-ring (bicyclic) bond motifs is 1. The van der Waals surface area contributed by atoms with Crippen LogP contribution in [-0.4, -0.2) is 12.5 Å². The summed E-state index contributed by atoms with van der Waals surface area (Å²) < 4.78 is 13.1. The first kappa shape index (κ1) is 8.23. The standard InChI is InChI=1S/C10H10FNO/c1-6-4-8-7(5-9(6)11)2-3-12-10(8)13/h4-5H,2-3H2,1H3,(H,12,13). The van der Waals surface area contributed by atoms with E-state index in [0.717, 1.165) is 12.0 Å². The summed E-state index contributed by atoms with van der Waals surface area (Å²) in [6.45, 7) is 2.27. The maximum atomic E-state index is 13.1. The zero-order chi connectivity index (χ0) is 9.42. The third-order valence-electron chi connectivity index (χ3n) is 2.31. The van der Waals surface area contributed by atoms with Gasteiger partial charge < -0.3 is 5.32 Å². The van der Waals surface area contributed by atoms with Gasteiger partial charge in [0, 0.05) is 12.1 Å². The number of rotatable bonds is 0. The van der Waals surface area contributed by atoms with Crippen LogP contribution in [0.2, 0.25) is 0 Å². The zero-order valence-corrected chi connectivity index (χ0v) is 7.36. The van der Waals surface area contributed by atoms with Crippen molar-refractivity contribution in [2.75, 3.05) is 6.54 Å². The van der Waals surface area contributed by atoms with E-state index >= 15 is 0 Å². The van der Waals surface area contributed by atoms with Gasteiger partial charge in [-0.2, -0.15) is 0 Å². The van der Waals surface area contributed by atoms with Gasteiger partial charge in [0.15, 0.2) is 0 Å². The SMILES string of the molecule is Cc1cc2c(cc1F)CCNC2=O. The molecule has 0 fully saturated rings. The summed E-state index contributed by atoms with van der Waals surface area (Å²) in [6.07, 6.45) is 0.721. The first-order valence-corrected chi connectivity index (χ1v) is 4.25. The van der Waals surface area contributed by atoms with Crippen molar-refractivity contribution in [3.8, 4) is 0 Å². The summed E-state index contributed by atoms with van der Waals surface area (Å²) in [4.78, 5) is 11.3. The second kappa shape index (κ2) is 2.83. The van der Waals surface area contributed by atoms with Gasteiger partial charge in [-0.25, -0.2) is 4.39 Å². The molecule has 2 nitrogen and oxygen atoms in total. The van der Waals surface area contributed by atoms with Gasteiger partial charge in [0.1, 0.15) is 5.82 Å². The Morgan fingerprint density at radius 1 is 1.46 bits per heavy atom. The van der Waals surface area contributed by atoms with Gasteiger partial charge in [0.25, 0.3) is 5.91 Å². The Bertz CT molecular complexity index is 373. The number of nitrogens with one attached hydrogen (secondary N) is 1. The van der Waals surface area contributed by atoms with Crippen LogP contribution in [0.1, 0.15) is 21.5 Å². The van der Waals surface area contributed by atoms with Crippen LogP contribution in [0.5, 0.6) is 0 Å². The number of hydrogen-bond donors (Lipinski definition) is 1. The fourth-order valence-corrected chi connectivity index (χ4v) is 1.55. The smallest absolute Gasteiger partial charge is 0.251 e. The number of hydrogen-bond acceptors (Lipinski definition) is 1. The maximum absolute atomic E-state index is 13.1. The van der Waals surface area contributed by atoms with Gasteiger partial charge in [-0.3, -0.25) is 4.79 Å². The highest BCUT2D eigenvalue weighted by molar-refractivity contribution is 5.96. The predicted octanol–water partition coefficient (Wildman–Crippen LogP) is 1.42. The third-order valence-corrected chi connectivity index (χ3v) is 2.31. The number of carbonyl (C=O) groups is 1. The monoisotopic (exact) mass is 179 g/mol. The Morgan fingerprint density at radius 2 is 2.23 bits per heavy atom. The summed E-state index contributed by atoms with van der Waals surface area (Å²) in [5.41, 5.74) is 1.95. The summed E-state index contributed by atoms with van der Waals surface area (Å²) in [6, 6.07) is 3.07. The van der Waals surface area contributed by atoms with E-state index in [9.17, 15) is 9.18 Å².